The molecule has 152 valence electrons. The van der Waals surface area contributed by atoms with Gasteiger partial charge in [-0.1, -0.05) is 24.3 Å². The Hall–Kier alpha value is -3.19. The van der Waals surface area contributed by atoms with Gasteiger partial charge < -0.3 is 15.7 Å². The SMILES string of the molecule is CN=C(NCc1ccc(F)c(CO)c1)NCc1ccccc1-n1nc(C)cc1C. The van der Waals surface area contributed by atoms with E-state index in [2.05, 4.69) is 26.8 Å². The van der Waals surface area contributed by atoms with Crippen molar-refractivity contribution in [3.63, 3.8) is 0 Å². The molecule has 0 atom stereocenters. The zero-order valence-corrected chi connectivity index (χ0v) is 16.9. The van der Waals surface area contributed by atoms with Crippen LogP contribution in [0.5, 0.6) is 0 Å². The molecule has 1 heterocycles. The maximum Gasteiger partial charge on any atom is 0.191 e. The molecule has 3 aromatic rings. The number of aryl methyl sites for hydroxylation is 2. The first-order valence-electron chi connectivity index (χ1n) is 9.46. The number of hydrogen-bond donors (Lipinski definition) is 3. The lowest BCUT2D eigenvalue weighted by molar-refractivity contribution is 0.275. The fourth-order valence-corrected chi connectivity index (χ4v) is 3.18. The van der Waals surface area contributed by atoms with E-state index in [4.69, 9.17) is 0 Å². The highest BCUT2D eigenvalue weighted by Gasteiger charge is 2.09. The van der Waals surface area contributed by atoms with Gasteiger partial charge >= 0.3 is 0 Å². The Morgan fingerprint density at radius 1 is 1.07 bits per heavy atom. The molecule has 7 heteroatoms. The number of rotatable bonds is 6. The number of nitrogens with one attached hydrogen (secondary N) is 2. The lowest BCUT2D eigenvalue weighted by Crippen LogP contribution is -2.36. The third kappa shape index (κ3) is 5.00. The van der Waals surface area contributed by atoms with Crippen molar-refractivity contribution in [3.05, 3.63) is 82.4 Å². The smallest absolute Gasteiger partial charge is 0.191 e. The second-order valence-corrected chi connectivity index (χ2v) is 6.83. The fourth-order valence-electron chi connectivity index (χ4n) is 3.18. The first-order valence-corrected chi connectivity index (χ1v) is 9.46. The van der Waals surface area contributed by atoms with Crippen molar-refractivity contribution in [3.8, 4) is 5.69 Å². The molecular formula is C22H26FN5O. The Morgan fingerprint density at radius 3 is 2.52 bits per heavy atom. The maximum absolute atomic E-state index is 13.5. The fraction of sp³-hybridized carbons (Fsp3) is 0.273. The van der Waals surface area contributed by atoms with Gasteiger partial charge in [0, 0.05) is 31.4 Å². The molecule has 6 nitrogen and oxygen atoms in total. The molecule has 0 saturated heterocycles. The van der Waals surface area contributed by atoms with Gasteiger partial charge in [-0.25, -0.2) is 9.07 Å². The minimum atomic E-state index is -0.403. The monoisotopic (exact) mass is 395 g/mol. The van der Waals surface area contributed by atoms with Crippen molar-refractivity contribution in [2.24, 2.45) is 4.99 Å². The lowest BCUT2D eigenvalue weighted by Gasteiger charge is -2.15. The number of guanidine groups is 1. The molecule has 0 saturated carbocycles. The van der Waals surface area contributed by atoms with Crippen molar-refractivity contribution in [1.29, 1.82) is 0 Å². The summed E-state index contributed by atoms with van der Waals surface area (Å²) in [5.41, 5.74) is 5.31. The van der Waals surface area contributed by atoms with Crippen LogP contribution in [0.1, 0.15) is 28.1 Å². The molecule has 29 heavy (non-hydrogen) atoms. The van der Waals surface area contributed by atoms with E-state index >= 15 is 0 Å². The highest BCUT2D eigenvalue weighted by Crippen LogP contribution is 2.17. The molecule has 0 radical (unpaired) electrons. The molecule has 0 aliphatic rings. The second-order valence-electron chi connectivity index (χ2n) is 6.83. The number of aliphatic hydroxyl groups is 1. The van der Waals surface area contributed by atoms with Gasteiger partial charge in [-0.15, -0.1) is 0 Å². The lowest BCUT2D eigenvalue weighted by atomic mass is 10.1. The van der Waals surface area contributed by atoms with Crippen LogP contribution in [0.4, 0.5) is 4.39 Å². The number of para-hydroxylation sites is 1. The molecule has 0 aliphatic carbocycles. The van der Waals surface area contributed by atoms with Crippen LogP contribution >= 0.6 is 0 Å². The summed E-state index contributed by atoms with van der Waals surface area (Å²) in [5, 5.41) is 20.3. The highest BCUT2D eigenvalue weighted by molar-refractivity contribution is 5.79. The summed E-state index contributed by atoms with van der Waals surface area (Å²) < 4.78 is 15.5. The first kappa shape index (κ1) is 20.5. The van der Waals surface area contributed by atoms with Crippen LogP contribution in [0, 0.1) is 19.7 Å². The second kappa shape index (κ2) is 9.34. The van der Waals surface area contributed by atoms with E-state index in [0.29, 0.717) is 19.0 Å². The summed E-state index contributed by atoms with van der Waals surface area (Å²) in [6.45, 7) is 4.73. The Balaban J connectivity index is 1.67. The number of halogens is 1. The van der Waals surface area contributed by atoms with Gasteiger partial charge in [-0.05, 0) is 49.2 Å². The van der Waals surface area contributed by atoms with Crippen molar-refractivity contribution in [2.75, 3.05) is 7.05 Å². The van der Waals surface area contributed by atoms with Gasteiger partial charge in [0.1, 0.15) is 5.82 Å². The van der Waals surface area contributed by atoms with E-state index in [1.807, 2.05) is 42.8 Å². The predicted octanol–water partition coefficient (Wildman–Crippen LogP) is 2.99. The minimum Gasteiger partial charge on any atom is -0.392 e. The molecule has 3 rings (SSSR count). The van der Waals surface area contributed by atoms with E-state index < -0.39 is 5.82 Å². The van der Waals surface area contributed by atoms with E-state index in [0.717, 1.165) is 28.2 Å². The van der Waals surface area contributed by atoms with Gasteiger partial charge in [0.05, 0.1) is 18.0 Å². The molecule has 2 aromatic carbocycles. The van der Waals surface area contributed by atoms with Crippen molar-refractivity contribution < 1.29 is 9.50 Å². The van der Waals surface area contributed by atoms with Crippen molar-refractivity contribution in [1.82, 2.24) is 20.4 Å². The number of aliphatic imine (C=N–C) groups is 1. The number of nitrogens with zero attached hydrogens (tertiary/aromatic N) is 3. The predicted molar refractivity (Wildman–Crippen MR) is 112 cm³/mol. The molecule has 0 unspecified atom stereocenters. The van der Waals surface area contributed by atoms with Crippen LogP contribution < -0.4 is 10.6 Å². The highest BCUT2D eigenvalue weighted by atomic mass is 19.1. The van der Waals surface area contributed by atoms with Gasteiger partial charge in [0.15, 0.2) is 5.96 Å². The van der Waals surface area contributed by atoms with Gasteiger partial charge in [-0.2, -0.15) is 5.10 Å². The first-order chi connectivity index (χ1) is 14.0. The zero-order chi connectivity index (χ0) is 20.8. The van der Waals surface area contributed by atoms with Crippen LogP contribution in [0.25, 0.3) is 5.69 Å². The average molecular weight is 395 g/mol. The standard InChI is InChI=1S/C22H26FN5O/c1-15-10-16(2)28(27-15)21-7-5-4-6-18(21)13-26-22(24-3)25-12-17-8-9-20(23)19(11-17)14-29/h4-11,29H,12-14H2,1-3H3,(H2,24,25,26). The van der Waals surface area contributed by atoms with Gasteiger partial charge in [0.25, 0.3) is 0 Å². The molecule has 0 aliphatic heterocycles. The third-order valence-corrected chi connectivity index (χ3v) is 4.64. The van der Waals surface area contributed by atoms with Crippen molar-refractivity contribution >= 4 is 5.96 Å². The summed E-state index contributed by atoms with van der Waals surface area (Å²) in [6, 6.07) is 14.8. The molecular weight excluding hydrogens is 369 g/mol. The van der Waals surface area contributed by atoms with E-state index in [1.54, 1.807) is 19.2 Å². The number of aliphatic hydroxyl groups excluding tert-OH is 1. The molecule has 3 N–H and O–H groups in total. The molecule has 0 fully saturated rings. The quantitative estimate of drug-likeness (QED) is 0.443. The average Bonchev–Trinajstić information content (AvgIpc) is 3.07. The van der Waals surface area contributed by atoms with Crippen LogP contribution in [-0.4, -0.2) is 27.9 Å². The number of aromatic nitrogens is 2. The van der Waals surface area contributed by atoms with E-state index in [9.17, 15) is 9.50 Å². The zero-order valence-electron chi connectivity index (χ0n) is 16.9. The van der Waals surface area contributed by atoms with Gasteiger partial charge in [0.2, 0.25) is 0 Å². The summed E-state index contributed by atoms with van der Waals surface area (Å²) in [7, 11) is 1.70. The summed E-state index contributed by atoms with van der Waals surface area (Å²) in [5.74, 6) is 0.225. The maximum atomic E-state index is 13.5. The van der Waals surface area contributed by atoms with E-state index in [1.165, 1.54) is 6.07 Å². The van der Waals surface area contributed by atoms with Crippen LogP contribution in [0.2, 0.25) is 0 Å². The van der Waals surface area contributed by atoms with Crippen LogP contribution in [0.3, 0.4) is 0 Å². The number of hydrogen-bond acceptors (Lipinski definition) is 3. The Labute approximate surface area is 170 Å². The summed E-state index contributed by atoms with van der Waals surface area (Å²) >= 11 is 0. The number of benzene rings is 2. The largest absolute Gasteiger partial charge is 0.392 e. The van der Waals surface area contributed by atoms with Crippen molar-refractivity contribution in [2.45, 2.75) is 33.5 Å². The Bertz CT molecular complexity index is 1010. The third-order valence-electron chi connectivity index (χ3n) is 4.64. The molecule has 0 amide bonds. The topological polar surface area (TPSA) is 74.5 Å². The summed E-state index contributed by atoms with van der Waals surface area (Å²) in [4.78, 5) is 4.25. The molecule has 0 bridgehead atoms. The molecule has 0 spiro atoms. The van der Waals surface area contributed by atoms with E-state index in [-0.39, 0.29) is 12.2 Å². The summed E-state index contributed by atoms with van der Waals surface area (Å²) in [6.07, 6.45) is 0. The normalized spacial score (nSPS) is 11.6. The van der Waals surface area contributed by atoms with Crippen LogP contribution in [-0.2, 0) is 19.7 Å². The van der Waals surface area contributed by atoms with Crippen LogP contribution in [0.15, 0.2) is 53.5 Å². The molecule has 1 aromatic heterocycles. The Kier molecular flexibility index (Phi) is 6.61. The van der Waals surface area contributed by atoms with Gasteiger partial charge in [-0.3, -0.25) is 4.99 Å². The Morgan fingerprint density at radius 2 is 1.83 bits per heavy atom. The minimum absolute atomic E-state index is 0.283.